The van der Waals surface area contributed by atoms with Crippen molar-refractivity contribution in [2.45, 2.75) is 26.7 Å². The summed E-state index contributed by atoms with van der Waals surface area (Å²) in [5.41, 5.74) is 3.49. The van der Waals surface area contributed by atoms with Gasteiger partial charge in [0, 0.05) is 44.6 Å². The lowest BCUT2D eigenvalue weighted by Crippen LogP contribution is -2.16. The van der Waals surface area contributed by atoms with Gasteiger partial charge in [-0.05, 0) is 55.7 Å². The van der Waals surface area contributed by atoms with Crippen molar-refractivity contribution in [2.24, 2.45) is 0 Å². The number of amides is 1. The lowest BCUT2D eigenvalue weighted by Gasteiger charge is -2.09. The second kappa shape index (κ2) is 7.58. The van der Waals surface area contributed by atoms with E-state index in [2.05, 4.69) is 5.32 Å². The number of anilines is 1. The summed E-state index contributed by atoms with van der Waals surface area (Å²) in [6.07, 6.45) is 2.05. The topological polar surface area (TPSA) is 72.5 Å². The van der Waals surface area contributed by atoms with E-state index in [0.29, 0.717) is 32.5 Å². The molecule has 0 atom stereocenters. The highest BCUT2D eigenvalue weighted by atomic mass is 35.5. The van der Waals surface area contributed by atoms with Crippen LogP contribution in [0.5, 0.6) is 0 Å². The summed E-state index contributed by atoms with van der Waals surface area (Å²) in [5, 5.41) is 5.41. The van der Waals surface area contributed by atoms with Crippen LogP contribution < -0.4 is 10.9 Å². The van der Waals surface area contributed by atoms with Gasteiger partial charge in [-0.25, -0.2) is 4.79 Å². The zero-order valence-corrected chi connectivity index (χ0v) is 17.3. The maximum Gasteiger partial charge on any atom is 0.339 e. The van der Waals surface area contributed by atoms with Crippen molar-refractivity contribution in [3.05, 3.63) is 73.8 Å². The average Bonchev–Trinajstić information content (AvgIpc) is 2.99. The number of benzene rings is 2. The quantitative estimate of drug-likeness (QED) is 0.401. The zero-order valence-electron chi connectivity index (χ0n) is 15.8. The molecule has 148 valence electrons. The Morgan fingerprint density at radius 3 is 2.45 bits per heavy atom. The zero-order chi connectivity index (χ0) is 20.7. The Balaban J connectivity index is 1.60. The van der Waals surface area contributed by atoms with Crippen LogP contribution in [0.3, 0.4) is 0 Å². The van der Waals surface area contributed by atoms with E-state index in [0.717, 1.165) is 21.9 Å². The van der Waals surface area contributed by atoms with Crippen LogP contribution >= 0.6 is 23.2 Å². The molecule has 0 saturated carbocycles. The molecule has 29 heavy (non-hydrogen) atoms. The summed E-state index contributed by atoms with van der Waals surface area (Å²) in [6, 6.07) is 8.49. The van der Waals surface area contributed by atoms with E-state index >= 15 is 0 Å². The molecule has 0 fully saturated rings. The minimum atomic E-state index is -0.448. The van der Waals surface area contributed by atoms with Crippen molar-refractivity contribution >= 4 is 56.7 Å². The monoisotopic (exact) mass is 429 g/mol. The Labute approximate surface area is 176 Å². The highest BCUT2D eigenvalue weighted by Crippen LogP contribution is 2.29. The van der Waals surface area contributed by atoms with E-state index in [9.17, 15) is 9.59 Å². The first-order chi connectivity index (χ1) is 13.8. The molecule has 1 amide bonds. The predicted octanol–water partition coefficient (Wildman–Crippen LogP) is 6.03. The molecule has 1 N–H and O–H groups in total. The number of aryl methyl sites for hydroxylation is 2. The Morgan fingerprint density at radius 1 is 1.00 bits per heavy atom. The number of nitrogens with one attached hydrogen (secondary N) is 1. The molecule has 2 aromatic heterocycles. The van der Waals surface area contributed by atoms with Gasteiger partial charge in [0.25, 0.3) is 0 Å². The molecule has 4 rings (SSSR count). The first kappa shape index (κ1) is 19.6. The van der Waals surface area contributed by atoms with Gasteiger partial charge in [-0.2, -0.15) is 0 Å². The van der Waals surface area contributed by atoms with E-state index in [4.69, 9.17) is 32.0 Å². The van der Waals surface area contributed by atoms with Crippen LogP contribution in [-0.2, 0) is 11.2 Å². The van der Waals surface area contributed by atoms with Crippen LogP contribution in [0.25, 0.3) is 21.9 Å². The summed E-state index contributed by atoms with van der Waals surface area (Å²) in [7, 11) is 0. The van der Waals surface area contributed by atoms with Gasteiger partial charge in [0.2, 0.25) is 5.91 Å². The van der Waals surface area contributed by atoms with Crippen LogP contribution in [0, 0.1) is 13.8 Å². The molecule has 0 radical (unpaired) electrons. The van der Waals surface area contributed by atoms with Crippen LogP contribution in [-0.4, -0.2) is 5.91 Å². The number of halogens is 2. The second-order valence-electron chi connectivity index (χ2n) is 6.96. The first-order valence-electron chi connectivity index (χ1n) is 9.02. The predicted molar refractivity (Wildman–Crippen MR) is 115 cm³/mol. The minimum absolute atomic E-state index is 0.119. The number of furan rings is 1. The van der Waals surface area contributed by atoms with E-state index < -0.39 is 5.63 Å². The molecule has 5 nitrogen and oxygen atoms in total. The first-order valence-corrected chi connectivity index (χ1v) is 9.77. The third kappa shape index (κ3) is 3.88. The Morgan fingerprint density at radius 2 is 1.72 bits per heavy atom. The maximum absolute atomic E-state index is 12.5. The van der Waals surface area contributed by atoms with Crippen LogP contribution in [0.2, 0.25) is 10.0 Å². The molecule has 2 heterocycles. The second-order valence-corrected chi connectivity index (χ2v) is 7.84. The molecule has 4 aromatic rings. The normalized spacial score (nSPS) is 11.3. The van der Waals surface area contributed by atoms with Crippen molar-refractivity contribution in [2.75, 3.05) is 5.32 Å². The summed E-state index contributed by atoms with van der Waals surface area (Å²) in [5.74, 6) is -0.247. The summed E-state index contributed by atoms with van der Waals surface area (Å²) >= 11 is 11.9. The van der Waals surface area contributed by atoms with Gasteiger partial charge >= 0.3 is 5.63 Å². The molecule has 7 heteroatoms. The van der Waals surface area contributed by atoms with E-state index in [-0.39, 0.29) is 18.7 Å². The van der Waals surface area contributed by atoms with Crippen LogP contribution in [0.1, 0.15) is 23.1 Å². The van der Waals surface area contributed by atoms with E-state index in [1.54, 1.807) is 30.5 Å². The number of hydrogen-bond acceptors (Lipinski definition) is 4. The number of hydrogen-bond donors (Lipinski definition) is 1. The largest absolute Gasteiger partial charge is 0.464 e. The SMILES string of the molecule is Cc1coc2cc3oc(=O)c(CCC(=O)Nc4cc(Cl)cc(Cl)c4)c(C)c3cc12. The Kier molecular flexibility index (Phi) is 5.11. The summed E-state index contributed by atoms with van der Waals surface area (Å²) in [4.78, 5) is 24.8. The summed E-state index contributed by atoms with van der Waals surface area (Å²) in [6.45, 7) is 3.82. The van der Waals surface area contributed by atoms with Gasteiger partial charge in [0.1, 0.15) is 11.2 Å². The van der Waals surface area contributed by atoms with Gasteiger partial charge < -0.3 is 14.2 Å². The molecule has 0 bridgehead atoms. The van der Waals surface area contributed by atoms with Crippen molar-refractivity contribution in [3.8, 4) is 0 Å². The Bertz CT molecular complexity index is 1300. The van der Waals surface area contributed by atoms with Crippen molar-refractivity contribution in [1.82, 2.24) is 0 Å². The fourth-order valence-corrected chi connectivity index (χ4v) is 3.94. The molecule has 0 aliphatic heterocycles. The standard InChI is InChI=1S/C22H17Cl2NO4/c1-11-10-28-19-9-20-18(8-17(11)19)12(2)16(22(27)29-20)3-4-21(26)25-15-6-13(23)5-14(24)7-15/h5-10H,3-4H2,1-2H3,(H,25,26). The lowest BCUT2D eigenvalue weighted by molar-refractivity contribution is -0.116. The van der Waals surface area contributed by atoms with Crippen molar-refractivity contribution in [3.63, 3.8) is 0 Å². The Hall–Kier alpha value is -2.76. The fraction of sp³-hybridized carbons (Fsp3) is 0.182. The molecule has 2 aromatic carbocycles. The van der Waals surface area contributed by atoms with Gasteiger partial charge in [0.15, 0.2) is 0 Å². The lowest BCUT2D eigenvalue weighted by atomic mass is 10.0. The van der Waals surface area contributed by atoms with Gasteiger partial charge in [-0.15, -0.1) is 0 Å². The molecule has 0 aliphatic rings. The van der Waals surface area contributed by atoms with Crippen molar-refractivity contribution < 1.29 is 13.6 Å². The molecule has 0 unspecified atom stereocenters. The molecular formula is C22H17Cl2NO4. The number of rotatable bonds is 4. The average molecular weight is 430 g/mol. The highest BCUT2D eigenvalue weighted by Gasteiger charge is 2.15. The van der Waals surface area contributed by atoms with Crippen LogP contribution in [0.15, 0.2) is 50.2 Å². The fourth-order valence-electron chi connectivity index (χ4n) is 3.41. The summed E-state index contributed by atoms with van der Waals surface area (Å²) < 4.78 is 11.0. The number of fused-ring (bicyclic) bond motifs is 2. The smallest absolute Gasteiger partial charge is 0.339 e. The highest BCUT2D eigenvalue weighted by molar-refractivity contribution is 6.35. The maximum atomic E-state index is 12.5. The van der Waals surface area contributed by atoms with Gasteiger partial charge in [0.05, 0.1) is 6.26 Å². The molecular weight excluding hydrogens is 413 g/mol. The van der Waals surface area contributed by atoms with Crippen molar-refractivity contribution in [1.29, 1.82) is 0 Å². The van der Waals surface area contributed by atoms with E-state index in [1.807, 2.05) is 19.9 Å². The number of carbonyl (C=O) groups excluding carboxylic acids is 1. The van der Waals surface area contributed by atoms with Crippen LogP contribution in [0.4, 0.5) is 5.69 Å². The molecule has 0 aliphatic carbocycles. The third-order valence-corrected chi connectivity index (χ3v) is 5.36. The number of carbonyl (C=O) groups is 1. The van der Waals surface area contributed by atoms with Gasteiger partial charge in [-0.1, -0.05) is 23.2 Å². The van der Waals surface area contributed by atoms with E-state index in [1.165, 1.54) is 0 Å². The van der Waals surface area contributed by atoms with Gasteiger partial charge in [-0.3, -0.25) is 4.79 Å². The minimum Gasteiger partial charge on any atom is -0.464 e. The molecule has 0 saturated heterocycles. The molecule has 0 spiro atoms. The third-order valence-electron chi connectivity index (χ3n) is 4.92.